The molecule has 130 valence electrons. The fourth-order valence-corrected chi connectivity index (χ4v) is 4.06. The molecule has 2 aromatic heterocycles. The van der Waals surface area contributed by atoms with Gasteiger partial charge in [-0.25, -0.2) is 4.98 Å². The maximum Gasteiger partial charge on any atom is 0.258 e. The van der Waals surface area contributed by atoms with Gasteiger partial charge in [-0.15, -0.1) is 23.1 Å². The first-order valence-electron chi connectivity index (χ1n) is 7.82. The quantitative estimate of drug-likeness (QED) is 0.419. The topological polar surface area (TPSA) is 57.8 Å². The van der Waals surface area contributed by atoms with Crippen molar-refractivity contribution in [3.8, 4) is 11.3 Å². The molecule has 0 saturated carbocycles. The monoisotopic (exact) mass is 399 g/mol. The Morgan fingerprint density at radius 1 is 1.27 bits per heavy atom. The average molecular weight is 400 g/mol. The lowest BCUT2D eigenvalue weighted by molar-refractivity contribution is 0.102. The second-order valence-corrected chi connectivity index (χ2v) is 7.73. The molecule has 1 amide bonds. The van der Waals surface area contributed by atoms with E-state index in [1.807, 2.05) is 48.2 Å². The number of fused-ring (bicyclic) bond motifs is 1. The molecule has 0 atom stereocenters. The van der Waals surface area contributed by atoms with Crippen molar-refractivity contribution >= 4 is 56.6 Å². The van der Waals surface area contributed by atoms with Crippen molar-refractivity contribution in [3.63, 3.8) is 0 Å². The summed E-state index contributed by atoms with van der Waals surface area (Å²) in [6.07, 6.45) is 3.89. The van der Waals surface area contributed by atoms with Crippen LogP contribution < -0.4 is 5.32 Å². The lowest BCUT2D eigenvalue weighted by Crippen LogP contribution is -2.12. The van der Waals surface area contributed by atoms with Crippen LogP contribution in [0.4, 0.5) is 5.13 Å². The summed E-state index contributed by atoms with van der Waals surface area (Å²) in [6.45, 7) is 0. The molecule has 0 bridgehead atoms. The van der Waals surface area contributed by atoms with Gasteiger partial charge in [0.15, 0.2) is 5.13 Å². The summed E-state index contributed by atoms with van der Waals surface area (Å²) in [5.74, 6) is -0.259. The van der Waals surface area contributed by atoms with Crippen LogP contribution in [0, 0.1) is 0 Å². The third-order valence-electron chi connectivity index (χ3n) is 4.01. The van der Waals surface area contributed by atoms with Gasteiger partial charge >= 0.3 is 0 Å². The molecular formula is C19H14ClN3OS2. The Kier molecular flexibility index (Phi) is 4.72. The minimum Gasteiger partial charge on any atom is -0.360 e. The number of anilines is 1. The average Bonchev–Trinajstić information content (AvgIpc) is 3.28. The standard InChI is InChI=1S/C19H14ClN3OS2/c1-25-11-6-7-15(20)13(8-11)18(24)23-19-22-17(10-26-19)14-9-21-16-5-3-2-4-12(14)16/h2-10,21H,1H3,(H,22,23,24). The number of para-hydroxylation sites is 1. The van der Waals surface area contributed by atoms with Crippen molar-refractivity contribution in [2.75, 3.05) is 11.6 Å². The Morgan fingerprint density at radius 3 is 2.96 bits per heavy atom. The van der Waals surface area contributed by atoms with Crippen LogP contribution in [0.2, 0.25) is 5.02 Å². The number of hydrogen-bond acceptors (Lipinski definition) is 4. The summed E-state index contributed by atoms with van der Waals surface area (Å²) < 4.78 is 0. The Balaban J connectivity index is 1.60. The first kappa shape index (κ1) is 17.1. The van der Waals surface area contributed by atoms with Crippen molar-refractivity contribution in [1.29, 1.82) is 0 Å². The minimum absolute atomic E-state index is 0.259. The molecular weight excluding hydrogens is 386 g/mol. The number of nitrogens with zero attached hydrogens (tertiary/aromatic N) is 1. The lowest BCUT2D eigenvalue weighted by Gasteiger charge is -2.06. The summed E-state index contributed by atoms with van der Waals surface area (Å²) in [5, 5.41) is 6.85. The lowest BCUT2D eigenvalue weighted by atomic mass is 10.1. The molecule has 0 radical (unpaired) electrons. The maximum atomic E-state index is 12.6. The van der Waals surface area contributed by atoms with E-state index in [0.29, 0.717) is 15.7 Å². The molecule has 0 spiro atoms. The molecule has 0 fully saturated rings. The van der Waals surface area contributed by atoms with Crippen LogP contribution in [0.25, 0.3) is 22.2 Å². The zero-order chi connectivity index (χ0) is 18.1. The number of carbonyl (C=O) groups is 1. The number of nitrogens with one attached hydrogen (secondary N) is 2. The van der Waals surface area contributed by atoms with E-state index in [1.165, 1.54) is 11.3 Å². The van der Waals surface area contributed by atoms with Gasteiger partial charge in [-0.05, 0) is 30.5 Å². The molecule has 4 rings (SSSR count). The molecule has 0 aliphatic rings. The SMILES string of the molecule is CSc1ccc(Cl)c(C(=O)Nc2nc(-c3c[nH]c4ccccc34)cs2)c1. The number of hydrogen-bond donors (Lipinski definition) is 2. The Labute approximate surface area is 163 Å². The number of thioether (sulfide) groups is 1. The van der Waals surface area contributed by atoms with E-state index in [0.717, 1.165) is 27.1 Å². The first-order valence-corrected chi connectivity index (χ1v) is 10.3. The Morgan fingerprint density at radius 2 is 2.12 bits per heavy atom. The van der Waals surface area contributed by atoms with Crippen LogP contribution in [-0.2, 0) is 0 Å². The third-order valence-corrected chi connectivity index (χ3v) is 5.82. The Bertz CT molecular complexity index is 1100. The van der Waals surface area contributed by atoms with Gasteiger partial charge < -0.3 is 4.98 Å². The zero-order valence-corrected chi connectivity index (χ0v) is 16.1. The molecule has 0 saturated heterocycles. The van der Waals surface area contributed by atoms with Crippen molar-refractivity contribution in [2.45, 2.75) is 4.90 Å². The predicted molar refractivity (Wildman–Crippen MR) is 111 cm³/mol. The highest BCUT2D eigenvalue weighted by Gasteiger charge is 2.15. The van der Waals surface area contributed by atoms with Crippen molar-refractivity contribution < 1.29 is 4.79 Å². The summed E-state index contributed by atoms with van der Waals surface area (Å²) in [7, 11) is 0. The van der Waals surface area contributed by atoms with Gasteiger partial charge in [-0.2, -0.15) is 0 Å². The second-order valence-electron chi connectivity index (χ2n) is 5.59. The van der Waals surface area contributed by atoms with Gasteiger partial charge in [0.25, 0.3) is 5.91 Å². The summed E-state index contributed by atoms with van der Waals surface area (Å²) in [6, 6.07) is 13.5. The molecule has 26 heavy (non-hydrogen) atoms. The molecule has 7 heteroatoms. The zero-order valence-electron chi connectivity index (χ0n) is 13.7. The molecule has 4 nitrogen and oxygen atoms in total. The van der Waals surface area contributed by atoms with E-state index in [-0.39, 0.29) is 5.91 Å². The maximum absolute atomic E-state index is 12.6. The fraction of sp³-hybridized carbons (Fsp3) is 0.0526. The second kappa shape index (κ2) is 7.15. The van der Waals surface area contributed by atoms with Crippen LogP contribution in [0.3, 0.4) is 0 Å². The number of aromatic nitrogens is 2. The summed E-state index contributed by atoms with van der Waals surface area (Å²) in [5.41, 5.74) is 3.34. The number of amides is 1. The molecule has 0 aliphatic carbocycles. The van der Waals surface area contributed by atoms with E-state index in [2.05, 4.69) is 15.3 Å². The van der Waals surface area contributed by atoms with Gasteiger partial charge in [0.1, 0.15) is 0 Å². The molecule has 0 aliphatic heterocycles. The van der Waals surface area contributed by atoms with Crippen molar-refractivity contribution in [3.05, 3.63) is 64.6 Å². The third kappa shape index (κ3) is 3.23. The summed E-state index contributed by atoms with van der Waals surface area (Å²) >= 11 is 9.13. The van der Waals surface area contributed by atoms with E-state index in [9.17, 15) is 4.79 Å². The highest BCUT2D eigenvalue weighted by atomic mass is 35.5. The molecule has 0 unspecified atom stereocenters. The number of halogens is 1. The van der Waals surface area contributed by atoms with Gasteiger partial charge in [0.05, 0.1) is 16.3 Å². The van der Waals surface area contributed by atoms with Gasteiger partial charge in [0, 0.05) is 32.9 Å². The van der Waals surface area contributed by atoms with E-state index >= 15 is 0 Å². The van der Waals surface area contributed by atoms with Crippen LogP contribution >= 0.6 is 34.7 Å². The predicted octanol–water partition coefficient (Wildman–Crippen LogP) is 5.92. The van der Waals surface area contributed by atoms with Crippen LogP contribution in [0.15, 0.2) is 58.9 Å². The highest BCUT2D eigenvalue weighted by molar-refractivity contribution is 7.98. The van der Waals surface area contributed by atoms with E-state index in [4.69, 9.17) is 11.6 Å². The van der Waals surface area contributed by atoms with Crippen LogP contribution in [0.5, 0.6) is 0 Å². The first-order chi connectivity index (χ1) is 12.7. The number of thiazole rings is 1. The number of H-pyrrole nitrogens is 1. The van der Waals surface area contributed by atoms with Crippen LogP contribution in [-0.4, -0.2) is 22.1 Å². The molecule has 4 aromatic rings. The fourth-order valence-electron chi connectivity index (χ4n) is 2.71. The molecule has 2 N–H and O–H groups in total. The highest BCUT2D eigenvalue weighted by Crippen LogP contribution is 2.31. The molecule has 2 aromatic carbocycles. The number of carbonyl (C=O) groups excluding carboxylic acids is 1. The van der Waals surface area contributed by atoms with Gasteiger partial charge in [-0.3, -0.25) is 10.1 Å². The molecule has 2 heterocycles. The van der Waals surface area contributed by atoms with E-state index in [1.54, 1.807) is 23.9 Å². The summed E-state index contributed by atoms with van der Waals surface area (Å²) in [4.78, 5) is 21.4. The smallest absolute Gasteiger partial charge is 0.258 e. The van der Waals surface area contributed by atoms with Crippen LogP contribution in [0.1, 0.15) is 10.4 Å². The van der Waals surface area contributed by atoms with Crippen molar-refractivity contribution in [2.24, 2.45) is 0 Å². The largest absolute Gasteiger partial charge is 0.360 e. The van der Waals surface area contributed by atoms with Gasteiger partial charge in [0.2, 0.25) is 0 Å². The normalized spacial score (nSPS) is 11.0. The van der Waals surface area contributed by atoms with Crippen molar-refractivity contribution in [1.82, 2.24) is 9.97 Å². The number of rotatable bonds is 4. The minimum atomic E-state index is -0.259. The van der Waals surface area contributed by atoms with Gasteiger partial charge in [-0.1, -0.05) is 29.8 Å². The number of aromatic amines is 1. The Hall–Kier alpha value is -2.28. The van der Waals surface area contributed by atoms with E-state index < -0.39 is 0 Å². The number of benzene rings is 2.